The summed E-state index contributed by atoms with van der Waals surface area (Å²) >= 11 is 12.6. The van der Waals surface area contributed by atoms with Gasteiger partial charge in [0, 0.05) is 0 Å². The minimum absolute atomic E-state index is 0.399. The maximum atomic E-state index is 6.38. The van der Waals surface area contributed by atoms with E-state index < -0.39 is 0 Å². The molecule has 0 aromatic heterocycles. The fraction of sp³-hybridized carbons (Fsp3) is 0.600. The van der Waals surface area contributed by atoms with Crippen molar-refractivity contribution in [2.24, 2.45) is 0 Å². The van der Waals surface area contributed by atoms with Crippen molar-refractivity contribution < 1.29 is 0 Å². The fourth-order valence-corrected chi connectivity index (χ4v) is 2.96. The SMILES string of the molecule is CC(C)c1cc(Cl)c(Cl)c(C(C)C)c1C(C)C. The Morgan fingerprint density at radius 1 is 0.765 bits per heavy atom. The Balaban J connectivity index is 3.64. The number of halogens is 2. The highest BCUT2D eigenvalue weighted by Crippen LogP contribution is 2.41. The van der Waals surface area contributed by atoms with Crippen molar-refractivity contribution >= 4 is 23.2 Å². The van der Waals surface area contributed by atoms with Crippen LogP contribution in [-0.4, -0.2) is 0 Å². The van der Waals surface area contributed by atoms with Gasteiger partial charge in [-0.05, 0) is 40.5 Å². The predicted molar refractivity (Wildman–Crippen MR) is 78.7 cm³/mol. The molecular weight excluding hydrogens is 251 g/mol. The lowest BCUT2D eigenvalue weighted by molar-refractivity contribution is 0.748. The zero-order valence-corrected chi connectivity index (χ0v) is 13.1. The molecule has 0 nitrogen and oxygen atoms in total. The first-order chi connectivity index (χ1) is 7.77. The second kappa shape index (κ2) is 5.63. The highest BCUT2D eigenvalue weighted by atomic mass is 35.5. The van der Waals surface area contributed by atoms with Gasteiger partial charge in [-0.1, -0.05) is 64.7 Å². The molecule has 0 bridgehead atoms. The van der Waals surface area contributed by atoms with Gasteiger partial charge in [0.05, 0.1) is 10.0 Å². The molecule has 0 aliphatic heterocycles. The van der Waals surface area contributed by atoms with Crippen LogP contribution < -0.4 is 0 Å². The summed E-state index contributed by atoms with van der Waals surface area (Å²) in [4.78, 5) is 0. The molecule has 0 radical (unpaired) electrons. The topological polar surface area (TPSA) is 0 Å². The van der Waals surface area contributed by atoms with Gasteiger partial charge in [-0.3, -0.25) is 0 Å². The second-order valence-corrected chi connectivity index (χ2v) is 6.34. The minimum atomic E-state index is 0.399. The standard InChI is InChI=1S/C15H22Cl2/c1-8(2)11-7-12(16)15(17)14(10(5)6)13(11)9(3)4/h7-10H,1-6H3. The van der Waals surface area contributed by atoms with Gasteiger partial charge in [0.1, 0.15) is 0 Å². The van der Waals surface area contributed by atoms with Crippen molar-refractivity contribution in [2.45, 2.75) is 59.3 Å². The molecule has 0 saturated carbocycles. The van der Waals surface area contributed by atoms with Gasteiger partial charge >= 0.3 is 0 Å². The van der Waals surface area contributed by atoms with Crippen LogP contribution in [-0.2, 0) is 0 Å². The lowest BCUT2D eigenvalue weighted by Gasteiger charge is -2.24. The third kappa shape index (κ3) is 2.98. The van der Waals surface area contributed by atoms with Crippen LogP contribution in [0.4, 0.5) is 0 Å². The first-order valence-electron chi connectivity index (χ1n) is 6.29. The summed E-state index contributed by atoms with van der Waals surface area (Å²) < 4.78 is 0. The molecule has 0 spiro atoms. The third-order valence-electron chi connectivity index (χ3n) is 3.11. The summed E-state index contributed by atoms with van der Waals surface area (Å²) in [5.41, 5.74) is 3.93. The van der Waals surface area contributed by atoms with E-state index in [2.05, 4.69) is 41.5 Å². The minimum Gasteiger partial charge on any atom is -0.0827 e. The normalized spacial score (nSPS) is 11.9. The van der Waals surface area contributed by atoms with Crippen molar-refractivity contribution in [3.8, 4) is 0 Å². The van der Waals surface area contributed by atoms with Gasteiger partial charge in [0.2, 0.25) is 0 Å². The van der Waals surface area contributed by atoms with Crippen molar-refractivity contribution in [2.75, 3.05) is 0 Å². The largest absolute Gasteiger partial charge is 0.0827 e. The molecule has 2 heteroatoms. The summed E-state index contributed by atoms with van der Waals surface area (Å²) in [5.74, 6) is 1.34. The van der Waals surface area contributed by atoms with Crippen LogP contribution in [0.1, 0.15) is 76.0 Å². The highest BCUT2D eigenvalue weighted by Gasteiger charge is 2.21. The van der Waals surface area contributed by atoms with Crippen molar-refractivity contribution in [3.63, 3.8) is 0 Å². The van der Waals surface area contributed by atoms with Crippen LogP contribution in [0.3, 0.4) is 0 Å². The quantitative estimate of drug-likeness (QED) is 0.600. The Hall–Kier alpha value is -0.200. The molecule has 1 aromatic carbocycles. The van der Waals surface area contributed by atoms with E-state index in [1.807, 2.05) is 6.07 Å². The molecule has 0 heterocycles. The summed E-state index contributed by atoms with van der Waals surface area (Å²) in [7, 11) is 0. The first kappa shape index (κ1) is 14.9. The van der Waals surface area contributed by atoms with Crippen LogP contribution in [0, 0.1) is 0 Å². The van der Waals surface area contributed by atoms with Gasteiger partial charge in [-0.2, -0.15) is 0 Å². The van der Waals surface area contributed by atoms with Crippen LogP contribution in [0.2, 0.25) is 10.0 Å². The monoisotopic (exact) mass is 272 g/mol. The molecule has 0 fully saturated rings. The predicted octanol–water partition coefficient (Wildman–Crippen LogP) is 6.36. The smallest absolute Gasteiger partial charge is 0.0629 e. The van der Waals surface area contributed by atoms with Gasteiger partial charge in [-0.15, -0.1) is 0 Å². The summed E-state index contributed by atoms with van der Waals surface area (Å²) in [6, 6.07) is 2.04. The van der Waals surface area contributed by atoms with Crippen LogP contribution in [0.25, 0.3) is 0 Å². The average molecular weight is 273 g/mol. The van der Waals surface area contributed by atoms with E-state index in [-0.39, 0.29) is 0 Å². The molecule has 96 valence electrons. The Bertz CT molecular complexity index is 404. The van der Waals surface area contributed by atoms with E-state index >= 15 is 0 Å². The zero-order chi connectivity index (χ0) is 13.3. The van der Waals surface area contributed by atoms with E-state index in [0.29, 0.717) is 22.8 Å². The van der Waals surface area contributed by atoms with E-state index in [0.717, 1.165) is 5.02 Å². The Kier molecular flexibility index (Phi) is 4.92. The van der Waals surface area contributed by atoms with Gasteiger partial charge in [0.15, 0.2) is 0 Å². The fourth-order valence-electron chi connectivity index (χ4n) is 2.37. The zero-order valence-electron chi connectivity index (χ0n) is 11.6. The molecule has 1 rings (SSSR count). The van der Waals surface area contributed by atoms with Gasteiger partial charge < -0.3 is 0 Å². The van der Waals surface area contributed by atoms with E-state index in [1.165, 1.54) is 16.7 Å². The molecule has 0 aliphatic carbocycles. The lowest BCUT2D eigenvalue weighted by atomic mass is 9.83. The molecule has 0 unspecified atom stereocenters. The summed E-state index contributed by atoms with van der Waals surface area (Å²) in [6.45, 7) is 13.2. The number of hydrogen-bond donors (Lipinski definition) is 0. The maximum absolute atomic E-state index is 6.38. The Labute approximate surface area is 115 Å². The number of rotatable bonds is 3. The Morgan fingerprint density at radius 3 is 1.59 bits per heavy atom. The van der Waals surface area contributed by atoms with Crippen molar-refractivity contribution in [3.05, 3.63) is 32.8 Å². The molecule has 17 heavy (non-hydrogen) atoms. The Morgan fingerprint density at radius 2 is 1.24 bits per heavy atom. The molecule has 1 aromatic rings. The van der Waals surface area contributed by atoms with Crippen LogP contribution >= 0.6 is 23.2 Å². The molecule has 0 atom stereocenters. The highest BCUT2D eigenvalue weighted by molar-refractivity contribution is 6.42. The molecular formula is C15H22Cl2. The molecule has 0 amide bonds. The van der Waals surface area contributed by atoms with Crippen molar-refractivity contribution in [1.82, 2.24) is 0 Å². The van der Waals surface area contributed by atoms with Gasteiger partial charge in [-0.25, -0.2) is 0 Å². The van der Waals surface area contributed by atoms with Crippen LogP contribution in [0.15, 0.2) is 6.07 Å². The van der Waals surface area contributed by atoms with E-state index in [9.17, 15) is 0 Å². The molecule has 0 N–H and O–H groups in total. The third-order valence-corrected chi connectivity index (χ3v) is 3.91. The molecule has 0 saturated heterocycles. The van der Waals surface area contributed by atoms with Crippen molar-refractivity contribution in [1.29, 1.82) is 0 Å². The first-order valence-corrected chi connectivity index (χ1v) is 7.04. The van der Waals surface area contributed by atoms with Gasteiger partial charge in [0.25, 0.3) is 0 Å². The number of hydrogen-bond acceptors (Lipinski definition) is 0. The second-order valence-electron chi connectivity index (χ2n) is 5.55. The summed E-state index contributed by atoms with van der Waals surface area (Å²) in [6.07, 6.45) is 0. The number of benzene rings is 1. The lowest BCUT2D eigenvalue weighted by Crippen LogP contribution is -2.06. The maximum Gasteiger partial charge on any atom is 0.0629 e. The molecule has 0 aliphatic rings. The van der Waals surface area contributed by atoms with E-state index in [1.54, 1.807) is 0 Å². The average Bonchev–Trinajstić information content (AvgIpc) is 2.19. The van der Waals surface area contributed by atoms with E-state index in [4.69, 9.17) is 23.2 Å². The van der Waals surface area contributed by atoms with Crippen LogP contribution in [0.5, 0.6) is 0 Å². The summed E-state index contributed by atoms with van der Waals surface area (Å²) in [5, 5.41) is 1.42.